The summed E-state index contributed by atoms with van der Waals surface area (Å²) in [4.78, 5) is 28.2. The molecule has 22 heavy (non-hydrogen) atoms. The summed E-state index contributed by atoms with van der Waals surface area (Å²) < 4.78 is 0. The van der Waals surface area contributed by atoms with Gasteiger partial charge < -0.3 is 15.1 Å². The van der Waals surface area contributed by atoms with Crippen molar-refractivity contribution in [3.63, 3.8) is 0 Å². The average Bonchev–Trinajstić information content (AvgIpc) is 2.87. The molecule has 2 aliphatic rings. The lowest BCUT2D eigenvalue weighted by Crippen LogP contribution is -2.54. The molecule has 0 aromatic carbocycles. The fourth-order valence-corrected chi connectivity index (χ4v) is 3.67. The number of hydrogen-bond acceptors (Lipinski definition) is 3. The maximum absolute atomic E-state index is 12.4. The van der Waals surface area contributed by atoms with Gasteiger partial charge in [-0.15, -0.1) is 6.58 Å². The molecule has 5 heteroatoms. The van der Waals surface area contributed by atoms with Crippen molar-refractivity contribution in [2.75, 3.05) is 33.7 Å². The molecule has 0 aromatic heterocycles. The Kier molecular flexibility index (Phi) is 5.62. The van der Waals surface area contributed by atoms with E-state index in [0.29, 0.717) is 26.1 Å². The Morgan fingerprint density at radius 3 is 2.68 bits per heavy atom. The van der Waals surface area contributed by atoms with E-state index < -0.39 is 0 Å². The molecule has 2 amide bonds. The molecule has 1 atom stereocenters. The molecule has 1 aliphatic heterocycles. The monoisotopic (exact) mass is 307 g/mol. The molecule has 1 heterocycles. The van der Waals surface area contributed by atoms with Crippen LogP contribution in [0.1, 0.15) is 38.5 Å². The summed E-state index contributed by atoms with van der Waals surface area (Å²) >= 11 is 0. The second kappa shape index (κ2) is 7.27. The van der Waals surface area contributed by atoms with Crippen LogP contribution < -0.4 is 5.32 Å². The molecule has 2 fully saturated rings. The van der Waals surface area contributed by atoms with Crippen molar-refractivity contribution < 1.29 is 9.59 Å². The summed E-state index contributed by atoms with van der Waals surface area (Å²) in [7, 11) is 4.20. The zero-order valence-corrected chi connectivity index (χ0v) is 13.9. The Morgan fingerprint density at radius 2 is 2.09 bits per heavy atom. The van der Waals surface area contributed by atoms with Gasteiger partial charge in [0, 0.05) is 31.6 Å². The Hall–Kier alpha value is -1.36. The maximum Gasteiger partial charge on any atom is 0.225 e. The van der Waals surface area contributed by atoms with Gasteiger partial charge in [0.05, 0.1) is 5.92 Å². The lowest BCUT2D eigenvalue weighted by Gasteiger charge is -2.43. The summed E-state index contributed by atoms with van der Waals surface area (Å²) in [5.41, 5.74) is 0.0807. The Balaban J connectivity index is 1.89. The van der Waals surface area contributed by atoms with E-state index in [-0.39, 0.29) is 23.3 Å². The molecular weight excluding hydrogens is 278 g/mol. The first-order chi connectivity index (χ1) is 10.5. The third kappa shape index (κ3) is 3.69. The fourth-order valence-electron chi connectivity index (χ4n) is 3.67. The summed E-state index contributed by atoms with van der Waals surface area (Å²) in [6.07, 6.45) is 8.04. The maximum atomic E-state index is 12.4. The molecule has 1 N–H and O–H groups in total. The first-order valence-corrected chi connectivity index (χ1v) is 8.32. The number of likely N-dealkylation sites (tertiary alicyclic amines) is 1. The second-order valence-electron chi connectivity index (χ2n) is 6.89. The summed E-state index contributed by atoms with van der Waals surface area (Å²) in [6, 6.07) is 0. The van der Waals surface area contributed by atoms with Gasteiger partial charge in [0.1, 0.15) is 0 Å². The molecule has 1 saturated carbocycles. The number of amides is 2. The van der Waals surface area contributed by atoms with Crippen molar-refractivity contribution in [3.8, 4) is 0 Å². The molecule has 0 spiro atoms. The van der Waals surface area contributed by atoms with Crippen LogP contribution in [0.25, 0.3) is 0 Å². The quantitative estimate of drug-likeness (QED) is 0.755. The molecular formula is C17H29N3O2. The normalized spacial score (nSPS) is 24.6. The smallest absolute Gasteiger partial charge is 0.225 e. The first-order valence-electron chi connectivity index (χ1n) is 8.32. The number of carbonyl (C=O) groups is 2. The third-order valence-electron chi connectivity index (χ3n) is 5.26. The predicted molar refractivity (Wildman–Crippen MR) is 87.4 cm³/mol. The van der Waals surface area contributed by atoms with Crippen molar-refractivity contribution >= 4 is 11.8 Å². The highest BCUT2D eigenvalue weighted by Crippen LogP contribution is 2.31. The zero-order chi connectivity index (χ0) is 16.2. The predicted octanol–water partition coefficient (Wildman–Crippen LogP) is 1.40. The van der Waals surface area contributed by atoms with Crippen molar-refractivity contribution in [2.24, 2.45) is 5.92 Å². The standard InChI is InChI=1S/C17H29N3O2/c1-4-10-20-12-14(11-15(20)21)16(22)18-13-17(19(2)3)8-6-5-7-9-17/h4,14H,1,5-13H2,2-3H3,(H,18,22)/t14-/m1/s1. The van der Waals surface area contributed by atoms with Crippen molar-refractivity contribution in [1.82, 2.24) is 15.1 Å². The Bertz CT molecular complexity index is 428. The first kappa shape index (κ1) is 17.0. The van der Waals surface area contributed by atoms with Gasteiger partial charge in [-0.05, 0) is 26.9 Å². The molecule has 0 bridgehead atoms. The summed E-state index contributed by atoms with van der Waals surface area (Å²) in [5, 5.41) is 3.11. The van der Waals surface area contributed by atoms with Crippen LogP contribution in [-0.4, -0.2) is 60.9 Å². The molecule has 1 aliphatic carbocycles. The average molecular weight is 307 g/mol. The van der Waals surface area contributed by atoms with Crippen LogP contribution in [-0.2, 0) is 9.59 Å². The molecule has 0 unspecified atom stereocenters. The third-order valence-corrected chi connectivity index (χ3v) is 5.26. The van der Waals surface area contributed by atoms with Crippen LogP contribution in [0.3, 0.4) is 0 Å². The molecule has 124 valence electrons. The van der Waals surface area contributed by atoms with Gasteiger partial charge in [0.2, 0.25) is 11.8 Å². The van der Waals surface area contributed by atoms with E-state index in [2.05, 4.69) is 30.9 Å². The Morgan fingerprint density at radius 1 is 1.41 bits per heavy atom. The minimum Gasteiger partial charge on any atom is -0.354 e. The lowest BCUT2D eigenvalue weighted by molar-refractivity contribution is -0.128. The lowest BCUT2D eigenvalue weighted by atomic mass is 9.80. The van der Waals surface area contributed by atoms with Crippen LogP contribution in [0.4, 0.5) is 0 Å². The number of rotatable bonds is 6. The second-order valence-corrected chi connectivity index (χ2v) is 6.89. The van der Waals surface area contributed by atoms with Crippen LogP contribution in [0.2, 0.25) is 0 Å². The Labute approximate surface area is 133 Å². The van der Waals surface area contributed by atoms with Gasteiger partial charge >= 0.3 is 0 Å². The number of likely N-dealkylation sites (N-methyl/N-ethyl adjacent to an activating group) is 1. The zero-order valence-electron chi connectivity index (χ0n) is 13.9. The van der Waals surface area contributed by atoms with E-state index in [1.165, 1.54) is 19.3 Å². The number of hydrogen-bond donors (Lipinski definition) is 1. The van der Waals surface area contributed by atoms with Crippen molar-refractivity contribution in [2.45, 2.75) is 44.1 Å². The molecule has 5 nitrogen and oxygen atoms in total. The van der Waals surface area contributed by atoms with E-state index in [0.717, 1.165) is 12.8 Å². The molecule has 2 rings (SSSR count). The fraction of sp³-hybridized carbons (Fsp3) is 0.765. The number of nitrogens with zero attached hydrogens (tertiary/aromatic N) is 2. The van der Waals surface area contributed by atoms with Crippen molar-refractivity contribution in [1.29, 1.82) is 0 Å². The molecule has 0 radical (unpaired) electrons. The minimum absolute atomic E-state index is 0.0201. The van der Waals surface area contributed by atoms with Gasteiger partial charge in [-0.1, -0.05) is 25.3 Å². The SMILES string of the molecule is C=CCN1C[C@H](C(=O)NCC2(N(C)C)CCCCC2)CC1=O. The highest BCUT2D eigenvalue weighted by Gasteiger charge is 2.37. The van der Waals surface area contributed by atoms with Crippen LogP contribution in [0, 0.1) is 5.92 Å². The van der Waals surface area contributed by atoms with Crippen molar-refractivity contribution in [3.05, 3.63) is 12.7 Å². The topological polar surface area (TPSA) is 52.7 Å². The molecule has 0 aromatic rings. The van der Waals surface area contributed by atoms with Gasteiger partial charge in [-0.3, -0.25) is 9.59 Å². The van der Waals surface area contributed by atoms with E-state index in [9.17, 15) is 9.59 Å². The van der Waals surface area contributed by atoms with Gasteiger partial charge in [-0.25, -0.2) is 0 Å². The number of carbonyl (C=O) groups excluding carboxylic acids is 2. The highest BCUT2D eigenvalue weighted by atomic mass is 16.2. The van der Waals surface area contributed by atoms with Crippen LogP contribution in [0.5, 0.6) is 0 Å². The number of nitrogens with one attached hydrogen (secondary N) is 1. The summed E-state index contributed by atoms with van der Waals surface area (Å²) in [5.74, 6) is -0.137. The largest absolute Gasteiger partial charge is 0.354 e. The summed E-state index contributed by atoms with van der Waals surface area (Å²) in [6.45, 7) is 5.39. The van der Waals surface area contributed by atoms with E-state index >= 15 is 0 Å². The minimum atomic E-state index is -0.213. The van der Waals surface area contributed by atoms with Gasteiger partial charge in [0.15, 0.2) is 0 Å². The van der Waals surface area contributed by atoms with Gasteiger partial charge in [-0.2, -0.15) is 0 Å². The van der Waals surface area contributed by atoms with E-state index in [4.69, 9.17) is 0 Å². The molecule has 1 saturated heterocycles. The van der Waals surface area contributed by atoms with Gasteiger partial charge in [0.25, 0.3) is 0 Å². The van der Waals surface area contributed by atoms with Crippen LogP contribution >= 0.6 is 0 Å². The highest BCUT2D eigenvalue weighted by molar-refractivity contribution is 5.89. The van der Waals surface area contributed by atoms with Crippen LogP contribution in [0.15, 0.2) is 12.7 Å². The van der Waals surface area contributed by atoms with E-state index in [1.807, 2.05) is 0 Å². The van der Waals surface area contributed by atoms with E-state index in [1.54, 1.807) is 11.0 Å².